The first kappa shape index (κ1) is 12.2. The average molecular weight is 322 g/mol. The number of H-pyrrole nitrogens is 1. The maximum atomic E-state index is 11.6. The number of nitrogen functional groups attached to an aromatic ring is 1. The van der Waals surface area contributed by atoms with Crippen molar-refractivity contribution >= 4 is 21.6 Å². The van der Waals surface area contributed by atoms with Gasteiger partial charge in [-0.2, -0.15) is 4.98 Å². The number of rotatable bonds is 3. The lowest BCUT2D eigenvalue weighted by Gasteiger charge is -2.07. The van der Waals surface area contributed by atoms with Crippen LogP contribution in [0.4, 0.5) is 5.69 Å². The Morgan fingerprint density at radius 2 is 2.11 bits per heavy atom. The van der Waals surface area contributed by atoms with Crippen LogP contribution in [0.25, 0.3) is 0 Å². The van der Waals surface area contributed by atoms with Gasteiger partial charge in [-0.15, -0.1) is 0 Å². The van der Waals surface area contributed by atoms with Crippen LogP contribution in [0.15, 0.2) is 33.5 Å². The van der Waals surface area contributed by atoms with Crippen LogP contribution in [0.3, 0.4) is 0 Å². The standard InChI is InChI=1S/C13H12BrN3O2/c14-8-3-9(15)5-10(4-8)19-12-6-11(18)16-13(17-12)7-1-2-7/h3-7H,1-2,15H2,(H,16,17,18). The van der Waals surface area contributed by atoms with E-state index in [4.69, 9.17) is 10.5 Å². The van der Waals surface area contributed by atoms with E-state index in [0.29, 0.717) is 29.1 Å². The molecule has 0 saturated heterocycles. The van der Waals surface area contributed by atoms with Crippen molar-refractivity contribution in [2.24, 2.45) is 0 Å². The van der Waals surface area contributed by atoms with Gasteiger partial charge in [0, 0.05) is 22.1 Å². The van der Waals surface area contributed by atoms with Gasteiger partial charge in [-0.1, -0.05) is 15.9 Å². The van der Waals surface area contributed by atoms with E-state index in [9.17, 15) is 4.79 Å². The molecule has 1 heterocycles. The number of halogens is 1. The minimum absolute atomic E-state index is 0.199. The molecule has 1 saturated carbocycles. The molecule has 0 unspecified atom stereocenters. The summed E-state index contributed by atoms with van der Waals surface area (Å²) in [4.78, 5) is 18.6. The van der Waals surface area contributed by atoms with Crippen LogP contribution < -0.4 is 16.0 Å². The third kappa shape index (κ3) is 2.96. The smallest absolute Gasteiger partial charge is 0.254 e. The third-order valence-corrected chi connectivity index (χ3v) is 3.27. The summed E-state index contributed by atoms with van der Waals surface area (Å²) in [6.45, 7) is 0. The van der Waals surface area contributed by atoms with E-state index in [1.54, 1.807) is 18.2 Å². The van der Waals surface area contributed by atoms with Crippen molar-refractivity contribution < 1.29 is 4.74 Å². The van der Waals surface area contributed by atoms with Gasteiger partial charge in [0.25, 0.3) is 5.56 Å². The number of benzene rings is 1. The number of nitrogens with one attached hydrogen (secondary N) is 1. The minimum Gasteiger partial charge on any atom is -0.439 e. The summed E-state index contributed by atoms with van der Waals surface area (Å²) >= 11 is 3.34. The topological polar surface area (TPSA) is 81.0 Å². The number of anilines is 1. The molecular formula is C13H12BrN3O2. The number of hydrogen-bond donors (Lipinski definition) is 2. The van der Waals surface area contributed by atoms with Crippen LogP contribution in [0, 0.1) is 0 Å². The molecule has 0 radical (unpaired) electrons. The molecule has 19 heavy (non-hydrogen) atoms. The Morgan fingerprint density at radius 1 is 1.32 bits per heavy atom. The second-order valence-electron chi connectivity index (χ2n) is 4.57. The Bertz CT molecular complexity index is 660. The maximum Gasteiger partial charge on any atom is 0.254 e. The highest BCUT2D eigenvalue weighted by Crippen LogP contribution is 2.38. The van der Waals surface area contributed by atoms with Gasteiger partial charge in [-0.05, 0) is 25.0 Å². The summed E-state index contributed by atoms with van der Waals surface area (Å²) in [6.07, 6.45) is 2.13. The SMILES string of the molecule is Nc1cc(Br)cc(Oc2cc(=O)[nH]c(C3CC3)n2)c1. The van der Waals surface area contributed by atoms with Crippen molar-refractivity contribution in [2.75, 3.05) is 5.73 Å². The van der Waals surface area contributed by atoms with Gasteiger partial charge in [-0.25, -0.2) is 0 Å². The van der Waals surface area contributed by atoms with E-state index in [1.807, 2.05) is 0 Å². The van der Waals surface area contributed by atoms with E-state index in [1.165, 1.54) is 6.07 Å². The highest BCUT2D eigenvalue weighted by atomic mass is 79.9. The van der Waals surface area contributed by atoms with E-state index >= 15 is 0 Å². The predicted molar refractivity (Wildman–Crippen MR) is 75.5 cm³/mol. The Hall–Kier alpha value is -1.82. The normalized spacial score (nSPS) is 14.4. The molecule has 0 aliphatic heterocycles. The number of aromatic nitrogens is 2. The molecule has 1 aromatic heterocycles. The largest absolute Gasteiger partial charge is 0.439 e. The lowest BCUT2D eigenvalue weighted by molar-refractivity contribution is 0.457. The summed E-state index contributed by atoms with van der Waals surface area (Å²) in [5, 5.41) is 0. The number of aromatic amines is 1. The molecule has 0 spiro atoms. The highest BCUT2D eigenvalue weighted by Gasteiger charge is 2.26. The second kappa shape index (κ2) is 4.70. The summed E-state index contributed by atoms with van der Waals surface area (Å²) in [7, 11) is 0. The number of hydrogen-bond acceptors (Lipinski definition) is 4. The fraction of sp³-hybridized carbons (Fsp3) is 0.231. The molecule has 0 atom stereocenters. The number of nitrogens with zero attached hydrogens (tertiary/aromatic N) is 1. The first-order chi connectivity index (χ1) is 9.10. The summed E-state index contributed by atoms with van der Waals surface area (Å²) in [6, 6.07) is 6.57. The van der Waals surface area contributed by atoms with E-state index in [0.717, 1.165) is 17.3 Å². The van der Waals surface area contributed by atoms with Crippen LogP contribution in [-0.2, 0) is 0 Å². The van der Waals surface area contributed by atoms with Crippen LogP contribution in [0.5, 0.6) is 11.6 Å². The minimum atomic E-state index is -0.199. The fourth-order valence-electron chi connectivity index (χ4n) is 1.82. The number of ether oxygens (including phenoxy) is 1. The van der Waals surface area contributed by atoms with Crippen LogP contribution in [-0.4, -0.2) is 9.97 Å². The van der Waals surface area contributed by atoms with Crippen molar-refractivity contribution in [3.63, 3.8) is 0 Å². The highest BCUT2D eigenvalue weighted by molar-refractivity contribution is 9.10. The quantitative estimate of drug-likeness (QED) is 0.852. The van der Waals surface area contributed by atoms with Crippen molar-refractivity contribution in [2.45, 2.75) is 18.8 Å². The molecule has 1 aliphatic rings. The van der Waals surface area contributed by atoms with Gasteiger partial charge in [0.2, 0.25) is 5.88 Å². The van der Waals surface area contributed by atoms with Gasteiger partial charge in [0.1, 0.15) is 11.6 Å². The Kier molecular flexibility index (Phi) is 3.02. The lowest BCUT2D eigenvalue weighted by atomic mass is 10.3. The van der Waals surface area contributed by atoms with E-state index in [-0.39, 0.29) is 5.56 Å². The zero-order chi connectivity index (χ0) is 13.4. The Labute approximate surface area is 117 Å². The van der Waals surface area contributed by atoms with Gasteiger partial charge in [0.05, 0.1) is 6.07 Å². The molecule has 3 N–H and O–H groups in total. The van der Waals surface area contributed by atoms with Crippen molar-refractivity contribution in [1.29, 1.82) is 0 Å². The van der Waals surface area contributed by atoms with Gasteiger partial charge in [-0.3, -0.25) is 4.79 Å². The molecule has 98 valence electrons. The summed E-state index contributed by atoms with van der Waals surface area (Å²) < 4.78 is 6.41. The molecule has 1 aromatic carbocycles. The van der Waals surface area contributed by atoms with E-state index in [2.05, 4.69) is 25.9 Å². The zero-order valence-corrected chi connectivity index (χ0v) is 11.6. The van der Waals surface area contributed by atoms with E-state index < -0.39 is 0 Å². The average Bonchev–Trinajstić information content (AvgIpc) is 3.09. The van der Waals surface area contributed by atoms with Crippen molar-refractivity contribution in [3.8, 4) is 11.6 Å². The molecule has 1 aliphatic carbocycles. The molecule has 2 aromatic rings. The molecule has 6 heteroatoms. The van der Waals surface area contributed by atoms with Crippen molar-refractivity contribution in [3.05, 3.63) is 44.9 Å². The predicted octanol–water partition coefficient (Wildman–Crippen LogP) is 2.78. The summed E-state index contributed by atoms with van der Waals surface area (Å²) in [5.41, 5.74) is 6.11. The van der Waals surface area contributed by atoms with Crippen molar-refractivity contribution in [1.82, 2.24) is 9.97 Å². The lowest BCUT2D eigenvalue weighted by Crippen LogP contribution is -2.10. The van der Waals surface area contributed by atoms with Crippen LogP contribution in [0.1, 0.15) is 24.6 Å². The molecule has 5 nitrogen and oxygen atoms in total. The summed E-state index contributed by atoms with van der Waals surface area (Å²) in [5.74, 6) is 1.91. The molecular weight excluding hydrogens is 310 g/mol. The van der Waals surface area contributed by atoms with Crippen LogP contribution >= 0.6 is 15.9 Å². The van der Waals surface area contributed by atoms with Crippen LogP contribution in [0.2, 0.25) is 0 Å². The van der Waals surface area contributed by atoms with Gasteiger partial charge in [0.15, 0.2) is 0 Å². The first-order valence-corrected chi connectivity index (χ1v) is 6.74. The third-order valence-electron chi connectivity index (χ3n) is 2.82. The zero-order valence-electron chi connectivity index (χ0n) is 10.0. The first-order valence-electron chi connectivity index (χ1n) is 5.95. The Morgan fingerprint density at radius 3 is 2.79 bits per heavy atom. The molecule has 0 bridgehead atoms. The van der Waals surface area contributed by atoms with Gasteiger partial charge < -0.3 is 15.5 Å². The molecule has 0 amide bonds. The maximum absolute atomic E-state index is 11.6. The monoisotopic (exact) mass is 321 g/mol. The fourth-order valence-corrected chi connectivity index (χ4v) is 2.31. The molecule has 1 fully saturated rings. The molecule has 3 rings (SSSR count). The Balaban J connectivity index is 1.91. The van der Waals surface area contributed by atoms with Gasteiger partial charge >= 0.3 is 0 Å². The second-order valence-corrected chi connectivity index (χ2v) is 5.48. The number of nitrogens with two attached hydrogens (primary N) is 1.